The van der Waals surface area contributed by atoms with E-state index < -0.39 is 0 Å². The van der Waals surface area contributed by atoms with Crippen LogP contribution in [0.1, 0.15) is 12.5 Å². The molecule has 0 amide bonds. The molecule has 1 fully saturated rings. The van der Waals surface area contributed by atoms with Crippen LogP contribution in [0.5, 0.6) is 0 Å². The molecule has 0 aromatic heterocycles. The second kappa shape index (κ2) is 5.23. The molecule has 1 heterocycles. The number of halogens is 1. The summed E-state index contributed by atoms with van der Waals surface area (Å²) in [5, 5.41) is 0. The Bertz CT molecular complexity index is 437. The Kier molecular flexibility index (Phi) is 3.89. The quantitative estimate of drug-likeness (QED) is 0.836. The fraction of sp³-hybridized carbons (Fsp3) is 0.417. The van der Waals surface area contributed by atoms with Crippen LogP contribution in [-0.2, 0) is 0 Å². The number of thioether (sulfide) groups is 1. The largest absolute Gasteiger partial charge is 0.389 e. The van der Waals surface area contributed by atoms with Gasteiger partial charge in [0, 0.05) is 35.3 Å². The third-order valence-corrected chi connectivity index (χ3v) is 4.31. The van der Waals surface area contributed by atoms with E-state index in [-0.39, 0.29) is 10.8 Å². The molecule has 0 aliphatic carbocycles. The number of hydrogen-bond donors (Lipinski definition) is 1. The Balaban J connectivity index is 2.39. The molecule has 5 heteroatoms. The molecule has 1 unspecified atom stereocenters. The monoisotopic (exact) mass is 270 g/mol. The molecule has 2 N–H and O–H groups in total. The van der Waals surface area contributed by atoms with Crippen LogP contribution in [0.3, 0.4) is 0 Å². The first-order valence-electron chi connectivity index (χ1n) is 5.53. The lowest BCUT2D eigenvalue weighted by Crippen LogP contribution is -2.41. The van der Waals surface area contributed by atoms with Crippen molar-refractivity contribution in [3.63, 3.8) is 0 Å². The lowest BCUT2D eigenvalue weighted by atomic mass is 10.1. The first kappa shape index (κ1) is 12.6. The minimum Gasteiger partial charge on any atom is -0.389 e. The summed E-state index contributed by atoms with van der Waals surface area (Å²) in [7, 11) is 0. The van der Waals surface area contributed by atoms with Gasteiger partial charge in [0.25, 0.3) is 0 Å². The zero-order valence-corrected chi connectivity index (χ0v) is 11.3. The predicted octanol–water partition coefficient (Wildman–Crippen LogP) is 2.40. The third-order valence-electron chi connectivity index (χ3n) is 2.90. The van der Waals surface area contributed by atoms with Crippen molar-refractivity contribution in [1.82, 2.24) is 0 Å². The SMILES string of the molecule is CC1CSCCN1c1ccc(F)cc1C(N)=S. The molecule has 1 atom stereocenters. The summed E-state index contributed by atoms with van der Waals surface area (Å²) in [6, 6.07) is 5.08. The molecule has 92 valence electrons. The molecule has 2 nitrogen and oxygen atoms in total. The zero-order valence-electron chi connectivity index (χ0n) is 9.65. The van der Waals surface area contributed by atoms with Gasteiger partial charge in [-0.25, -0.2) is 4.39 Å². The van der Waals surface area contributed by atoms with E-state index in [1.165, 1.54) is 12.1 Å². The number of rotatable bonds is 2. The Labute approximate surface area is 110 Å². The van der Waals surface area contributed by atoms with Crippen molar-refractivity contribution in [1.29, 1.82) is 0 Å². The molecular weight excluding hydrogens is 255 g/mol. The van der Waals surface area contributed by atoms with Gasteiger partial charge in [-0.3, -0.25) is 0 Å². The highest BCUT2D eigenvalue weighted by Gasteiger charge is 2.22. The van der Waals surface area contributed by atoms with Gasteiger partial charge in [-0.1, -0.05) is 12.2 Å². The molecule has 17 heavy (non-hydrogen) atoms. The molecule has 1 aromatic carbocycles. The van der Waals surface area contributed by atoms with Crippen LogP contribution >= 0.6 is 24.0 Å². The molecule has 0 spiro atoms. The van der Waals surface area contributed by atoms with Crippen molar-refractivity contribution in [2.45, 2.75) is 13.0 Å². The summed E-state index contributed by atoms with van der Waals surface area (Å²) in [5.41, 5.74) is 7.26. The first-order valence-corrected chi connectivity index (χ1v) is 7.09. The topological polar surface area (TPSA) is 29.3 Å². The summed E-state index contributed by atoms with van der Waals surface area (Å²) >= 11 is 6.94. The molecule has 0 bridgehead atoms. The molecule has 0 saturated carbocycles. The van der Waals surface area contributed by atoms with Gasteiger partial charge in [-0.05, 0) is 25.1 Å². The van der Waals surface area contributed by atoms with Crippen molar-refractivity contribution in [2.24, 2.45) is 5.73 Å². The molecular formula is C12H15FN2S2. The average Bonchev–Trinajstić information content (AvgIpc) is 2.30. The predicted molar refractivity (Wildman–Crippen MR) is 76.4 cm³/mol. The molecule has 1 aliphatic heterocycles. The smallest absolute Gasteiger partial charge is 0.124 e. The summed E-state index contributed by atoms with van der Waals surface area (Å²) in [4.78, 5) is 2.51. The number of nitrogens with zero attached hydrogens (tertiary/aromatic N) is 1. The minimum atomic E-state index is -0.296. The van der Waals surface area contributed by atoms with Crippen molar-refractivity contribution in [3.05, 3.63) is 29.6 Å². The van der Waals surface area contributed by atoms with E-state index in [4.69, 9.17) is 18.0 Å². The average molecular weight is 270 g/mol. The minimum absolute atomic E-state index is 0.255. The van der Waals surface area contributed by atoms with E-state index >= 15 is 0 Å². The van der Waals surface area contributed by atoms with Gasteiger partial charge < -0.3 is 10.6 Å². The van der Waals surface area contributed by atoms with Gasteiger partial charge in [-0.15, -0.1) is 0 Å². The van der Waals surface area contributed by atoms with Crippen LogP contribution in [0.15, 0.2) is 18.2 Å². The first-order chi connectivity index (χ1) is 8.09. The van der Waals surface area contributed by atoms with Gasteiger partial charge in [0.2, 0.25) is 0 Å². The van der Waals surface area contributed by atoms with Crippen LogP contribution in [-0.4, -0.2) is 29.1 Å². The number of hydrogen-bond acceptors (Lipinski definition) is 3. The Hall–Kier alpha value is -0.810. The summed E-state index contributed by atoms with van der Waals surface area (Å²) in [5.74, 6) is 1.86. The standard InChI is InChI=1S/C12H15FN2S2/c1-8-7-17-5-4-15(8)11-3-2-9(13)6-10(11)12(14)16/h2-3,6,8H,4-5,7H2,1H3,(H2,14,16). The van der Waals surface area contributed by atoms with Crippen molar-refractivity contribution >= 4 is 34.7 Å². The van der Waals surface area contributed by atoms with E-state index in [9.17, 15) is 4.39 Å². The zero-order chi connectivity index (χ0) is 12.4. The van der Waals surface area contributed by atoms with Crippen LogP contribution in [0.25, 0.3) is 0 Å². The number of benzene rings is 1. The lowest BCUT2D eigenvalue weighted by Gasteiger charge is -2.36. The van der Waals surface area contributed by atoms with E-state index in [0.29, 0.717) is 11.6 Å². The van der Waals surface area contributed by atoms with E-state index in [0.717, 1.165) is 23.7 Å². The number of thiocarbonyl (C=S) groups is 1. The molecule has 1 saturated heterocycles. The van der Waals surface area contributed by atoms with Crippen molar-refractivity contribution < 1.29 is 4.39 Å². The van der Waals surface area contributed by atoms with Gasteiger partial charge >= 0.3 is 0 Å². The molecule has 1 aromatic rings. The maximum Gasteiger partial charge on any atom is 0.124 e. The molecule has 1 aliphatic rings. The fourth-order valence-corrected chi connectivity index (χ4v) is 3.22. The van der Waals surface area contributed by atoms with Crippen LogP contribution in [0.2, 0.25) is 0 Å². The summed E-state index contributed by atoms with van der Waals surface area (Å²) in [6.07, 6.45) is 0. The second-order valence-corrected chi connectivity index (χ2v) is 5.73. The highest BCUT2D eigenvalue weighted by molar-refractivity contribution is 7.99. The highest BCUT2D eigenvalue weighted by atomic mass is 32.2. The van der Waals surface area contributed by atoms with E-state index in [1.807, 2.05) is 11.8 Å². The fourth-order valence-electron chi connectivity index (χ4n) is 2.04. The number of nitrogens with two attached hydrogens (primary N) is 1. The van der Waals surface area contributed by atoms with Gasteiger partial charge in [-0.2, -0.15) is 11.8 Å². The molecule has 0 radical (unpaired) electrons. The molecule has 2 rings (SSSR count). The summed E-state index contributed by atoms with van der Waals surface area (Å²) < 4.78 is 13.2. The van der Waals surface area contributed by atoms with Gasteiger partial charge in [0.15, 0.2) is 0 Å². The van der Waals surface area contributed by atoms with E-state index in [1.54, 1.807) is 6.07 Å². The second-order valence-electron chi connectivity index (χ2n) is 4.14. The van der Waals surface area contributed by atoms with Gasteiger partial charge in [0.05, 0.1) is 0 Å². The van der Waals surface area contributed by atoms with Crippen LogP contribution in [0.4, 0.5) is 10.1 Å². The lowest BCUT2D eigenvalue weighted by molar-refractivity contribution is 0.626. The highest BCUT2D eigenvalue weighted by Crippen LogP contribution is 2.27. The third kappa shape index (κ3) is 2.72. The van der Waals surface area contributed by atoms with Crippen LogP contribution < -0.4 is 10.6 Å². The Morgan fingerprint density at radius 1 is 1.59 bits per heavy atom. The maximum absolute atomic E-state index is 13.2. The van der Waals surface area contributed by atoms with Crippen molar-refractivity contribution in [3.8, 4) is 0 Å². The maximum atomic E-state index is 13.2. The van der Waals surface area contributed by atoms with E-state index in [2.05, 4.69) is 11.8 Å². The normalized spacial score (nSPS) is 20.4. The van der Waals surface area contributed by atoms with Crippen LogP contribution in [0, 0.1) is 5.82 Å². The Morgan fingerprint density at radius 2 is 2.35 bits per heavy atom. The number of anilines is 1. The summed E-state index contributed by atoms with van der Waals surface area (Å²) in [6.45, 7) is 3.12. The van der Waals surface area contributed by atoms with Crippen molar-refractivity contribution in [2.75, 3.05) is 23.0 Å². The van der Waals surface area contributed by atoms with Gasteiger partial charge in [0.1, 0.15) is 10.8 Å². The Morgan fingerprint density at radius 3 is 3.00 bits per heavy atom.